The zero-order valence-corrected chi connectivity index (χ0v) is 7.79. The van der Waals surface area contributed by atoms with Gasteiger partial charge in [0.25, 0.3) is 0 Å². The lowest BCUT2D eigenvalue weighted by Crippen LogP contribution is -2.22. The Hall–Kier alpha value is -0.870. The van der Waals surface area contributed by atoms with Crippen LogP contribution in [-0.2, 0) is 4.74 Å². The third kappa shape index (κ3) is 1.73. The number of imidazole rings is 1. The van der Waals surface area contributed by atoms with Crippen LogP contribution < -0.4 is 5.73 Å². The second kappa shape index (κ2) is 3.47. The minimum atomic E-state index is -0.00352. The van der Waals surface area contributed by atoms with Crippen molar-refractivity contribution in [3.05, 3.63) is 17.7 Å². The third-order valence-electron chi connectivity index (χ3n) is 2.51. The van der Waals surface area contributed by atoms with Crippen molar-refractivity contribution in [3.63, 3.8) is 0 Å². The van der Waals surface area contributed by atoms with E-state index in [4.69, 9.17) is 10.5 Å². The molecule has 4 heteroatoms. The average molecular weight is 181 g/mol. The molecular formula is C9H15N3O. The molecule has 1 fully saturated rings. The first-order valence-corrected chi connectivity index (χ1v) is 4.62. The molecule has 0 radical (unpaired) electrons. The topological polar surface area (TPSA) is 63.9 Å². The van der Waals surface area contributed by atoms with Crippen LogP contribution >= 0.6 is 0 Å². The van der Waals surface area contributed by atoms with Gasteiger partial charge in [-0.3, -0.25) is 0 Å². The summed E-state index contributed by atoms with van der Waals surface area (Å²) in [6.07, 6.45) is 2.85. The van der Waals surface area contributed by atoms with Gasteiger partial charge in [-0.05, 0) is 13.3 Å². The van der Waals surface area contributed by atoms with Crippen LogP contribution in [0.2, 0.25) is 0 Å². The second-order valence-corrected chi connectivity index (χ2v) is 3.60. The molecule has 0 bridgehead atoms. The van der Waals surface area contributed by atoms with Crippen LogP contribution in [-0.4, -0.2) is 23.2 Å². The van der Waals surface area contributed by atoms with E-state index in [2.05, 4.69) is 9.97 Å². The first kappa shape index (κ1) is 8.72. The highest BCUT2D eigenvalue weighted by Gasteiger charge is 2.25. The number of nitrogens with one attached hydrogen (secondary N) is 1. The molecule has 0 saturated carbocycles. The number of nitrogens with two attached hydrogens (primary N) is 1. The molecule has 0 spiro atoms. The van der Waals surface area contributed by atoms with Gasteiger partial charge in [0.05, 0.1) is 12.6 Å². The van der Waals surface area contributed by atoms with E-state index in [0.29, 0.717) is 5.92 Å². The van der Waals surface area contributed by atoms with Crippen LogP contribution in [0.3, 0.4) is 0 Å². The average Bonchev–Trinajstić information content (AvgIpc) is 2.72. The lowest BCUT2D eigenvalue weighted by atomic mass is 10.00. The largest absolute Gasteiger partial charge is 0.381 e. The number of aromatic amines is 1. The van der Waals surface area contributed by atoms with Crippen LogP contribution in [0.5, 0.6) is 0 Å². The van der Waals surface area contributed by atoms with Crippen LogP contribution in [0.15, 0.2) is 6.20 Å². The number of aromatic nitrogens is 2. The minimum Gasteiger partial charge on any atom is -0.381 e. The number of ether oxygens (including phenoxy) is 1. The van der Waals surface area contributed by atoms with Crippen molar-refractivity contribution in [1.29, 1.82) is 0 Å². The molecule has 0 aliphatic carbocycles. The van der Waals surface area contributed by atoms with Crippen molar-refractivity contribution in [1.82, 2.24) is 9.97 Å². The summed E-state index contributed by atoms with van der Waals surface area (Å²) in [6.45, 7) is 3.58. The Bertz CT molecular complexity index is 278. The van der Waals surface area contributed by atoms with E-state index in [1.54, 1.807) is 0 Å². The third-order valence-corrected chi connectivity index (χ3v) is 2.51. The van der Waals surface area contributed by atoms with Gasteiger partial charge < -0.3 is 15.5 Å². The van der Waals surface area contributed by atoms with Crippen LogP contribution in [0.25, 0.3) is 0 Å². The smallest absolute Gasteiger partial charge is 0.123 e. The fourth-order valence-electron chi connectivity index (χ4n) is 1.66. The van der Waals surface area contributed by atoms with Gasteiger partial charge in [0.1, 0.15) is 5.82 Å². The van der Waals surface area contributed by atoms with Gasteiger partial charge in [0.15, 0.2) is 0 Å². The summed E-state index contributed by atoms with van der Waals surface area (Å²) in [5.41, 5.74) is 7.10. The fourth-order valence-corrected chi connectivity index (χ4v) is 1.66. The van der Waals surface area contributed by atoms with Gasteiger partial charge >= 0.3 is 0 Å². The molecule has 2 rings (SSSR count). The maximum Gasteiger partial charge on any atom is 0.123 e. The Morgan fingerprint density at radius 3 is 3.15 bits per heavy atom. The van der Waals surface area contributed by atoms with E-state index in [1.165, 1.54) is 0 Å². The Labute approximate surface area is 77.5 Å². The van der Waals surface area contributed by atoms with E-state index in [1.807, 2.05) is 13.1 Å². The highest BCUT2D eigenvalue weighted by Crippen LogP contribution is 2.24. The van der Waals surface area contributed by atoms with E-state index in [0.717, 1.165) is 31.2 Å². The summed E-state index contributed by atoms with van der Waals surface area (Å²) < 4.78 is 5.28. The Morgan fingerprint density at radius 2 is 2.62 bits per heavy atom. The van der Waals surface area contributed by atoms with Gasteiger partial charge in [0, 0.05) is 24.4 Å². The van der Waals surface area contributed by atoms with E-state index in [9.17, 15) is 0 Å². The lowest BCUT2D eigenvalue weighted by molar-refractivity contribution is 0.180. The number of H-pyrrole nitrogens is 1. The van der Waals surface area contributed by atoms with Crippen LogP contribution in [0.1, 0.15) is 24.0 Å². The molecule has 2 atom stereocenters. The predicted molar refractivity (Wildman–Crippen MR) is 49.2 cm³/mol. The molecule has 1 aromatic rings. The number of hydrogen-bond donors (Lipinski definition) is 2. The highest BCUT2D eigenvalue weighted by molar-refractivity contribution is 5.04. The van der Waals surface area contributed by atoms with Gasteiger partial charge in [-0.2, -0.15) is 0 Å². The zero-order valence-electron chi connectivity index (χ0n) is 7.79. The SMILES string of the molecule is Cc1cnc(C(N)C2CCOC2)[nH]1. The summed E-state index contributed by atoms with van der Waals surface area (Å²) in [5, 5.41) is 0. The van der Waals surface area contributed by atoms with Gasteiger partial charge in [-0.15, -0.1) is 0 Å². The lowest BCUT2D eigenvalue weighted by Gasteiger charge is -2.14. The molecule has 13 heavy (non-hydrogen) atoms. The van der Waals surface area contributed by atoms with Crippen LogP contribution in [0, 0.1) is 12.8 Å². The summed E-state index contributed by atoms with van der Waals surface area (Å²) in [7, 11) is 0. The molecule has 0 amide bonds. The van der Waals surface area contributed by atoms with Gasteiger partial charge in [-0.25, -0.2) is 4.98 Å². The summed E-state index contributed by atoms with van der Waals surface area (Å²) in [5.74, 6) is 1.30. The summed E-state index contributed by atoms with van der Waals surface area (Å²) >= 11 is 0. The quantitative estimate of drug-likeness (QED) is 0.707. The number of rotatable bonds is 2. The van der Waals surface area contributed by atoms with E-state index < -0.39 is 0 Å². The molecule has 4 nitrogen and oxygen atoms in total. The van der Waals surface area contributed by atoms with Crippen molar-refractivity contribution in [3.8, 4) is 0 Å². The monoisotopic (exact) mass is 181 g/mol. The molecule has 2 unspecified atom stereocenters. The van der Waals surface area contributed by atoms with Gasteiger partial charge in [-0.1, -0.05) is 0 Å². The van der Waals surface area contributed by atoms with Crippen LogP contribution in [0.4, 0.5) is 0 Å². The Kier molecular flexibility index (Phi) is 2.33. The summed E-state index contributed by atoms with van der Waals surface area (Å²) in [4.78, 5) is 7.39. The molecule has 2 heterocycles. The van der Waals surface area contributed by atoms with Crippen molar-refractivity contribution in [2.24, 2.45) is 11.7 Å². The van der Waals surface area contributed by atoms with Crippen molar-refractivity contribution >= 4 is 0 Å². The Morgan fingerprint density at radius 1 is 1.77 bits per heavy atom. The maximum atomic E-state index is 6.04. The highest BCUT2D eigenvalue weighted by atomic mass is 16.5. The van der Waals surface area contributed by atoms with Crippen molar-refractivity contribution in [2.45, 2.75) is 19.4 Å². The molecule has 1 aliphatic heterocycles. The van der Waals surface area contributed by atoms with E-state index in [-0.39, 0.29) is 6.04 Å². The summed E-state index contributed by atoms with van der Waals surface area (Å²) in [6, 6.07) is -0.00352. The number of aryl methyl sites for hydroxylation is 1. The van der Waals surface area contributed by atoms with Gasteiger partial charge in [0.2, 0.25) is 0 Å². The Balaban J connectivity index is 2.07. The number of nitrogens with zero attached hydrogens (tertiary/aromatic N) is 1. The molecule has 1 saturated heterocycles. The molecule has 1 aliphatic rings. The maximum absolute atomic E-state index is 6.04. The normalized spacial score (nSPS) is 24.9. The number of hydrogen-bond acceptors (Lipinski definition) is 3. The standard InChI is InChI=1S/C9H15N3O/c1-6-4-11-9(12-6)8(10)7-2-3-13-5-7/h4,7-8H,2-3,5,10H2,1H3,(H,11,12). The van der Waals surface area contributed by atoms with Crippen molar-refractivity contribution < 1.29 is 4.74 Å². The van der Waals surface area contributed by atoms with E-state index >= 15 is 0 Å². The zero-order chi connectivity index (χ0) is 9.26. The van der Waals surface area contributed by atoms with Crippen molar-refractivity contribution in [2.75, 3.05) is 13.2 Å². The molecular weight excluding hydrogens is 166 g/mol. The molecule has 1 aromatic heterocycles. The first-order chi connectivity index (χ1) is 6.27. The molecule has 3 N–H and O–H groups in total. The minimum absolute atomic E-state index is 0.00352. The molecule has 72 valence electrons. The first-order valence-electron chi connectivity index (χ1n) is 4.62. The second-order valence-electron chi connectivity index (χ2n) is 3.60. The fraction of sp³-hybridized carbons (Fsp3) is 0.667. The molecule has 0 aromatic carbocycles. The predicted octanol–water partition coefficient (Wildman–Crippen LogP) is 0.754.